The standard InChI is InChI=1S/C15H21N5/c1-11-12(7-6-8-13(11)16)14-17-18-19-20(14)15(2)9-4-3-5-10-15/h6-8H,3-5,9-10,16H2,1-2H3. The maximum atomic E-state index is 6.01. The van der Waals surface area contributed by atoms with Crippen molar-refractivity contribution in [1.29, 1.82) is 0 Å². The summed E-state index contributed by atoms with van der Waals surface area (Å²) in [6, 6.07) is 5.91. The highest BCUT2D eigenvalue weighted by Crippen LogP contribution is 2.37. The second kappa shape index (κ2) is 4.89. The van der Waals surface area contributed by atoms with E-state index in [0.29, 0.717) is 0 Å². The molecule has 0 atom stereocenters. The zero-order chi connectivity index (χ0) is 14.2. The molecule has 1 saturated carbocycles. The van der Waals surface area contributed by atoms with Gasteiger partial charge in [-0.25, -0.2) is 4.68 Å². The molecule has 2 aromatic rings. The van der Waals surface area contributed by atoms with Crippen LogP contribution in [0.4, 0.5) is 5.69 Å². The fourth-order valence-corrected chi connectivity index (χ4v) is 3.14. The number of hydrogen-bond donors (Lipinski definition) is 1. The smallest absolute Gasteiger partial charge is 0.182 e. The van der Waals surface area contributed by atoms with Crippen LogP contribution in [0.5, 0.6) is 0 Å². The van der Waals surface area contributed by atoms with Gasteiger partial charge in [-0.3, -0.25) is 0 Å². The molecule has 2 N–H and O–H groups in total. The Labute approximate surface area is 119 Å². The summed E-state index contributed by atoms with van der Waals surface area (Å²) in [6.07, 6.45) is 6.06. The van der Waals surface area contributed by atoms with E-state index in [4.69, 9.17) is 5.73 Å². The Balaban J connectivity index is 2.08. The van der Waals surface area contributed by atoms with Crippen molar-refractivity contribution < 1.29 is 0 Å². The molecule has 1 fully saturated rings. The fraction of sp³-hybridized carbons (Fsp3) is 0.533. The van der Waals surface area contributed by atoms with Gasteiger partial charge in [-0.2, -0.15) is 0 Å². The third-order valence-corrected chi connectivity index (χ3v) is 4.53. The largest absolute Gasteiger partial charge is 0.398 e. The van der Waals surface area contributed by atoms with Gasteiger partial charge in [0, 0.05) is 11.3 Å². The molecule has 1 aliphatic rings. The maximum absolute atomic E-state index is 6.01. The maximum Gasteiger partial charge on any atom is 0.182 e. The van der Waals surface area contributed by atoms with Crippen LogP contribution >= 0.6 is 0 Å². The third-order valence-electron chi connectivity index (χ3n) is 4.53. The number of tetrazole rings is 1. The molecule has 1 aliphatic carbocycles. The molecule has 3 rings (SSSR count). The molecule has 1 aromatic heterocycles. The van der Waals surface area contributed by atoms with E-state index in [1.54, 1.807) is 0 Å². The second-order valence-corrected chi connectivity index (χ2v) is 5.99. The van der Waals surface area contributed by atoms with E-state index in [0.717, 1.165) is 35.5 Å². The normalized spacial score (nSPS) is 18.1. The van der Waals surface area contributed by atoms with Crippen LogP contribution in [-0.2, 0) is 5.54 Å². The van der Waals surface area contributed by atoms with E-state index in [1.165, 1.54) is 19.3 Å². The molecule has 0 aliphatic heterocycles. The Morgan fingerprint density at radius 3 is 2.70 bits per heavy atom. The predicted octanol–water partition coefficient (Wildman–Crippen LogP) is 2.91. The number of rotatable bonds is 2. The first-order chi connectivity index (χ1) is 9.62. The summed E-state index contributed by atoms with van der Waals surface area (Å²) in [5.74, 6) is 0.833. The monoisotopic (exact) mass is 271 g/mol. The Morgan fingerprint density at radius 1 is 1.20 bits per heavy atom. The number of benzene rings is 1. The quantitative estimate of drug-likeness (QED) is 0.853. The van der Waals surface area contributed by atoms with Gasteiger partial charge < -0.3 is 5.73 Å². The Hall–Kier alpha value is -1.91. The summed E-state index contributed by atoms with van der Waals surface area (Å²) < 4.78 is 2.01. The van der Waals surface area contributed by atoms with Crippen LogP contribution in [0.25, 0.3) is 11.4 Å². The first kappa shape index (κ1) is 13.1. The van der Waals surface area contributed by atoms with Crippen LogP contribution in [0.2, 0.25) is 0 Å². The highest BCUT2D eigenvalue weighted by Gasteiger charge is 2.33. The van der Waals surface area contributed by atoms with Gasteiger partial charge in [-0.15, -0.1) is 5.10 Å². The molecule has 5 nitrogen and oxygen atoms in total. The first-order valence-electron chi connectivity index (χ1n) is 7.26. The number of nitrogens with zero attached hydrogens (tertiary/aromatic N) is 4. The van der Waals surface area contributed by atoms with Crippen molar-refractivity contribution in [3.05, 3.63) is 23.8 Å². The van der Waals surface area contributed by atoms with Gasteiger partial charge in [0.2, 0.25) is 0 Å². The Kier molecular flexibility index (Phi) is 3.20. The highest BCUT2D eigenvalue weighted by atomic mass is 15.6. The van der Waals surface area contributed by atoms with Crippen LogP contribution in [0, 0.1) is 6.92 Å². The molecular formula is C15H21N5. The lowest BCUT2D eigenvalue weighted by atomic mass is 9.83. The van der Waals surface area contributed by atoms with Crippen LogP contribution in [0.3, 0.4) is 0 Å². The van der Waals surface area contributed by atoms with Gasteiger partial charge in [0.25, 0.3) is 0 Å². The summed E-state index contributed by atoms with van der Waals surface area (Å²) in [7, 11) is 0. The molecule has 1 aromatic carbocycles. The van der Waals surface area contributed by atoms with Crippen molar-refractivity contribution in [2.75, 3.05) is 5.73 Å². The number of nitrogen functional groups attached to an aromatic ring is 1. The van der Waals surface area contributed by atoms with Crippen molar-refractivity contribution in [1.82, 2.24) is 20.2 Å². The van der Waals surface area contributed by atoms with Gasteiger partial charge in [0.15, 0.2) is 5.82 Å². The van der Waals surface area contributed by atoms with Gasteiger partial charge in [0.1, 0.15) is 0 Å². The predicted molar refractivity (Wildman–Crippen MR) is 79.1 cm³/mol. The summed E-state index contributed by atoms with van der Waals surface area (Å²) in [4.78, 5) is 0. The van der Waals surface area contributed by atoms with E-state index >= 15 is 0 Å². The minimum atomic E-state index is 0.0220. The van der Waals surface area contributed by atoms with E-state index in [9.17, 15) is 0 Å². The average Bonchev–Trinajstić information content (AvgIpc) is 2.93. The molecule has 5 heteroatoms. The SMILES string of the molecule is Cc1c(N)cccc1-c1nnnn1C1(C)CCCCC1. The molecule has 1 heterocycles. The lowest BCUT2D eigenvalue weighted by molar-refractivity contribution is 0.197. The number of hydrogen-bond acceptors (Lipinski definition) is 4. The molecule has 0 radical (unpaired) electrons. The molecular weight excluding hydrogens is 250 g/mol. The first-order valence-corrected chi connectivity index (χ1v) is 7.26. The van der Waals surface area contributed by atoms with Crippen molar-refractivity contribution >= 4 is 5.69 Å². The van der Waals surface area contributed by atoms with Crippen molar-refractivity contribution in [3.8, 4) is 11.4 Å². The zero-order valence-corrected chi connectivity index (χ0v) is 12.1. The van der Waals surface area contributed by atoms with Gasteiger partial charge >= 0.3 is 0 Å². The molecule has 20 heavy (non-hydrogen) atoms. The number of anilines is 1. The fourth-order valence-electron chi connectivity index (χ4n) is 3.14. The summed E-state index contributed by atoms with van der Waals surface area (Å²) >= 11 is 0. The Morgan fingerprint density at radius 2 is 1.95 bits per heavy atom. The average molecular weight is 271 g/mol. The lowest BCUT2D eigenvalue weighted by Gasteiger charge is -2.34. The third kappa shape index (κ3) is 2.07. The van der Waals surface area contributed by atoms with Crippen molar-refractivity contribution in [2.24, 2.45) is 0 Å². The lowest BCUT2D eigenvalue weighted by Crippen LogP contribution is -2.34. The number of nitrogens with two attached hydrogens (primary N) is 1. The van der Waals surface area contributed by atoms with Gasteiger partial charge in [0.05, 0.1) is 5.54 Å². The topological polar surface area (TPSA) is 69.6 Å². The molecule has 0 saturated heterocycles. The van der Waals surface area contributed by atoms with E-state index < -0.39 is 0 Å². The molecule has 0 amide bonds. The molecule has 0 spiro atoms. The molecule has 106 valence electrons. The Bertz CT molecular complexity index is 610. The summed E-state index contributed by atoms with van der Waals surface area (Å²) in [6.45, 7) is 4.28. The van der Waals surface area contributed by atoms with Crippen molar-refractivity contribution in [2.45, 2.75) is 51.5 Å². The van der Waals surface area contributed by atoms with Gasteiger partial charge in [-0.1, -0.05) is 31.4 Å². The highest BCUT2D eigenvalue weighted by molar-refractivity contribution is 5.67. The minimum Gasteiger partial charge on any atom is -0.398 e. The minimum absolute atomic E-state index is 0.0220. The zero-order valence-electron chi connectivity index (χ0n) is 12.1. The van der Waals surface area contributed by atoms with Crippen LogP contribution in [0.1, 0.15) is 44.6 Å². The van der Waals surface area contributed by atoms with E-state index in [1.807, 2.05) is 29.8 Å². The second-order valence-electron chi connectivity index (χ2n) is 5.99. The molecule has 0 bridgehead atoms. The van der Waals surface area contributed by atoms with Crippen LogP contribution in [0.15, 0.2) is 18.2 Å². The van der Waals surface area contributed by atoms with Gasteiger partial charge in [-0.05, 0) is 48.7 Å². The van der Waals surface area contributed by atoms with E-state index in [2.05, 4.69) is 22.4 Å². The molecule has 0 unspecified atom stereocenters. The summed E-state index contributed by atoms with van der Waals surface area (Å²) in [5.41, 5.74) is 8.89. The van der Waals surface area contributed by atoms with E-state index in [-0.39, 0.29) is 5.54 Å². The number of aromatic nitrogens is 4. The van der Waals surface area contributed by atoms with Crippen LogP contribution < -0.4 is 5.73 Å². The summed E-state index contributed by atoms with van der Waals surface area (Å²) in [5, 5.41) is 12.4. The van der Waals surface area contributed by atoms with Crippen LogP contribution in [-0.4, -0.2) is 20.2 Å². The van der Waals surface area contributed by atoms with Crippen molar-refractivity contribution in [3.63, 3.8) is 0 Å².